The molecule has 2 nitrogen and oxygen atoms in total. The molecular formula is C11H23NOS. The van der Waals surface area contributed by atoms with Crippen molar-refractivity contribution in [2.24, 2.45) is 11.7 Å². The van der Waals surface area contributed by atoms with E-state index in [0.717, 1.165) is 30.9 Å². The number of hydrogen-bond acceptors (Lipinski definition) is 2. The second-order valence-corrected chi connectivity index (χ2v) is 6.57. The zero-order valence-electron chi connectivity index (χ0n) is 9.37. The molecule has 0 saturated heterocycles. The Morgan fingerprint density at radius 3 is 2.43 bits per heavy atom. The average molecular weight is 217 g/mol. The summed E-state index contributed by atoms with van der Waals surface area (Å²) in [5.74, 6) is 1.65. The summed E-state index contributed by atoms with van der Waals surface area (Å²) in [6.45, 7) is 4.28. The lowest BCUT2D eigenvalue weighted by atomic mass is 9.91. The molecule has 1 rings (SSSR count). The van der Waals surface area contributed by atoms with Gasteiger partial charge in [-0.15, -0.1) is 0 Å². The molecular weight excluding hydrogens is 194 g/mol. The number of nitrogens with two attached hydrogens (primary N) is 1. The molecule has 0 aromatic heterocycles. The highest BCUT2D eigenvalue weighted by Crippen LogP contribution is 2.27. The van der Waals surface area contributed by atoms with E-state index in [-0.39, 0.29) is 6.04 Å². The molecule has 1 aliphatic carbocycles. The minimum absolute atomic E-state index is 0.196. The zero-order valence-corrected chi connectivity index (χ0v) is 10.2. The van der Waals surface area contributed by atoms with E-state index in [1.54, 1.807) is 0 Å². The topological polar surface area (TPSA) is 43.1 Å². The normalized spacial score (nSPS) is 32.5. The van der Waals surface area contributed by atoms with Crippen molar-refractivity contribution in [2.75, 3.05) is 5.75 Å². The molecule has 0 aliphatic heterocycles. The van der Waals surface area contributed by atoms with Crippen molar-refractivity contribution in [3.63, 3.8) is 0 Å². The van der Waals surface area contributed by atoms with Crippen molar-refractivity contribution in [3.8, 4) is 0 Å². The van der Waals surface area contributed by atoms with E-state index >= 15 is 0 Å². The Kier molecular flexibility index (Phi) is 5.10. The highest BCUT2D eigenvalue weighted by atomic mass is 32.2. The van der Waals surface area contributed by atoms with E-state index in [2.05, 4.69) is 6.92 Å². The molecule has 0 amide bonds. The smallest absolute Gasteiger partial charge is 0.0348 e. The van der Waals surface area contributed by atoms with E-state index in [0.29, 0.717) is 5.25 Å². The maximum Gasteiger partial charge on any atom is 0.0348 e. The van der Waals surface area contributed by atoms with E-state index in [1.807, 2.05) is 6.92 Å². The Labute approximate surface area is 90.1 Å². The molecule has 0 spiro atoms. The largest absolute Gasteiger partial charge is 0.328 e. The van der Waals surface area contributed by atoms with Gasteiger partial charge in [-0.25, -0.2) is 0 Å². The van der Waals surface area contributed by atoms with Gasteiger partial charge in [0, 0.05) is 27.8 Å². The van der Waals surface area contributed by atoms with Crippen LogP contribution in [0.2, 0.25) is 0 Å². The molecule has 0 bridgehead atoms. The van der Waals surface area contributed by atoms with Crippen molar-refractivity contribution >= 4 is 10.8 Å². The molecule has 14 heavy (non-hydrogen) atoms. The fraction of sp³-hybridized carbons (Fsp3) is 1.00. The average Bonchev–Trinajstić information content (AvgIpc) is 2.15. The van der Waals surface area contributed by atoms with Crippen LogP contribution in [0.4, 0.5) is 0 Å². The number of hydrogen-bond donors (Lipinski definition) is 1. The lowest BCUT2D eigenvalue weighted by Gasteiger charge is -2.25. The third-order valence-electron chi connectivity index (χ3n) is 3.11. The van der Waals surface area contributed by atoms with Crippen molar-refractivity contribution in [1.82, 2.24) is 0 Å². The highest BCUT2D eigenvalue weighted by molar-refractivity contribution is 7.85. The van der Waals surface area contributed by atoms with Gasteiger partial charge in [0.15, 0.2) is 0 Å². The second-order valence-electron chi connectivity index (χ2n) is 4.73. The van der Waals surface area contributed by atoms with Crippen LogP contribution >= 0.6 is 0 Å². The van der Waals surface area contributed by atoms with Gasteiger partial charge in [0.05, 0.1) is 0 Å². The third kappa shape index (κ3) is 4.09. The Balaban J connectivity index is 2.24. The van der Waals surface area contributed by atoms with Gasteiger partial charge in [-0.2, -0.15) is 0 Å². The zero-order chi connectivity index (χ0) is 10.6. The highest BCUT2D eigenvalue weighted by Gasteiger charge is 2.22. The first-order valence-electron chi connectivity index (χ1n) is 5.72. The molecule has 1 fully saturated rings. The number of rotatable bonds is 4. The Morgan fingerprint density at radius 1 is 1.36 bits per heavy atom. The molecule has 0 aromatic carbocycles. The van der Waals surface area contributed by atoms with Crippen LogP contribution in [-0.2, 0) is 10.8 Å². The van der Waals surface area contributed by atoms with Gasteiger partial charge in [0.2, 0.25) is 0 Å². The summed E-state index contributed by atoms with van der Waals surface area (Å²) in [5, 5.41) is 0.463. The van der Waals surface area contributed by atoms with Crippen LogP contribution in [0, 0.1) is 5.92 Å². The summed E-state index contributed by atoms with van der Waals surface area (Å²) < 4.78 is 11.9. The van der Waals surface area contributed by atoms with Crippen molar-refractivity contribution in [3.05, 3.63) is 0 Å². The Bertz CT molecular complexity index is 186. The quantitative estimate of drug-likeness (QED) is 0.783. The summed E-state index contributed by atoms with van der Waals surface area (Å²) in [7, 11) is -0.622. The minimum Gasteiger partial charge on any atom is -0.328 e. The second kappa shape index (κ2) is 5.86. The molecule has 0 aromatic rings. The maximum atomic E-state index is 11.9. The summed E-state index contributed by atoms with van der Waals surface area (Å²) in [6, 6.07) is 0.196. The third-order valence-corrected chi connectivity index (χ3v) is 4.96. The molecule has 2 unspecified atom stereocenters. The maximum absolute atomic E-state index is 11.9. The molecule has 2 atom stereocenters. The molecule has 0 heterocycles. The molecule has 84 valence electrons. The first kappa shape index (κ1) is 12.2. The minimum atomic E-state index is -0.622. The van der Waals surface area contributed by atoms with Gasteiger partial charge >= 0.3 is 0 Å². The van der Waals surface area contributed by atoms with Gasteiger partial charge in [-0.3, -0.25) is 4.21 Å². The van der Waals surface area contributed by atoms with E-state index < -0.39 is 10.8 Å². The summed E-state index contributed by atoms with van der Waals surface area (Å²) in [5.41, 5.74) is 5.66. The summed E-state index contributed by atoms with van der Waals surface area (Å²) >= 11 is 0. The Morgan fingerprint density at radius 2 is 1.93 bits per heavy atom. The molecule has 0 radical (unpaired) electrons. The van der Waals surface area contributed by atoms with Gasteiger partial charge in [-0.05, 0) is 44.9 Å². The molecule has 3 heteroatoms. The Hall–Kier alpha value is 0.110. The molecule has 1 saturated carbocycles. The van der Waals surface area contributed by atoms with Crippen LogP contribution in [0.25, 0.3) is 0 Å². The van der Waals surface area contributed by atoms with Gasteiger partial charge in [0.25, 0.3) is 0 Å². The van der Waals surface area contributed by atoms with Crippen molar-refractivity contribution in [1.29, 1.82) is 0 Å². The summed E-state index contributed by atoms with van der Waals surface area (Å²) in [4.78, 5) is 0. The summed E-state index contributed by atoms with van der Waals surface area (Å²) in [6.07, 6.45) is 5.74. The van der Waals surface area contributed by atoms with Gasteiger partial charge < -0.3 is 5.73 Å². The van der Waals surface area contributed by atoms with Gasteiger partial charge in [0.1, 0.15) is 0 Å². The van der Waals surface area contributed by atoms with Crippen LogP contribution < -0.4 is 5.73 Å². The first-order chi connectivity index (χ1) is 6.59. The SMILES string of the molecule is CC(N)CCS(=O)C1CCC(C)CC1. The monoisotopic (exact) mass is 217 g/mol. The van der Waals surface area contributed by atoms with Crippen molar-refractivity contribution < 1.29 is 4.21 Å². The lowest BCUT2D eigenvalue weighted by Crippen LogP contribution is -2.26. The lowest BCUT2D eigenvalue weighted by molar-refractivity contribution is 0.388. The van der Waals surface area contributed by atoms with Crippen LogP contribution in [0.1, 0.15) is 46.0 Å². The van der Waals surface area contributed by atoms with E-state index in [4.69, 9.17) is 5.73 Å². The molecule has 2 N–H and O–H groups in total. The fourth-order valence-electron chi connectivity index (χ4n) is 1.96. The predicted molar refractivity (Wildman–Crippen MR) is 62.7 cm³/mol. The first-order valence-corrected chi connectivity index (χ1v) is 7.10. The fourth-order valence-corrected chi connectivity index (χ4v) is 3.70. The van der Waals surface area contributed by atoms with Crippen LogP contribution in [0.15, 0.2) is 0 Å². The molecule has 1 aliphatic rings. The van der Waals surface area contributed by atoms with E-state index in [1.165, 1.54) is 12.8 Å². The van der Waals surface area contributed by atoms with Crippen molar-refractivity contribution in [2.45, 2.75) is 57.2 Å². The van der Waals surface area contributed by atoms with E-state index in [9.17, 15) is 4.21 Å². The van der Waals surface area contributed by atoms with Crippen LogP contribution in [-0.4, -0.2) is 21.3 Å². The standard InChI is InChI=1S/C11H23NOS/c1-9-3-5-11(6-4-9)14(13)8-7-10(2)12/h9-11H,3-8,12H2,1-2H3. The van der Waals surface area contributed by atoms with Gasteiger partial charge in [-0.1, -0.05) is 6.92 Å². The van der Waals surface area contributed by atoms with Crippen LogP contribution in [0.5, 0.6) is 0 Å². The predicted octanol–water partition coefficient (Wildman–Crippen LogP) is 2.05. The van der Waals surface area contributed by atoms with Crippen LogP contribution in [0.3, 0.4) is 0 Å².